The van der Waals surface area contributed by atoms with Crippen LogP contribution in [-0.2, 0) is 4.79 Å². The van der Waals surface area contributed by atoms with Crippen LogP contribution >= 0.6 is 11.3 Å². The topological polar surface area (TPSA) is 68.5 Å². The number of nitrogens with zero attached hydrogens (tertiary/aromatic N) is 3. The van der Waals surface area contributed by atoms with Crippen molar-refractivity contribution in [3.63, 3.8) is 0 Å². The number of hydrogen-bond acceptors (Lipinski definition) is 5. The number of aromatic nitrogens is 2. The molecule has 6 nitrogen and oxygen atoms in total. The van der Waals surface area contributed by atoms with Crippen molar-refractivity contribution in [2.24, 2.45) is 5.10 Å². The van der Waals surface area contributed by atoms with Gasteiger partial charge in [-0.3, -0.25) is 9.36 Å². The molecule has 0 aliphatic rings. The number of carbonyl (C=O) groups is 1. The fourth-order valence-electron chi connectivity index (χ4n) is 2.58. The van der Waals surface area contributed by atoms with Gasteiger partial charge < -0.3 is 4.74 Å². The average molecular weight is 386 g/mol. The summed E-state index contributed by atoms with van der Waals surface area (Å²) in [7, 11) is 0. The van der Waals surface area contributed by atoms with Gasteiger partial charge in [-0.2, -0.15) is 5.10 Å². The summed E-state index contributed by atoms with van der Waals surface area (Å²) < 4.78 is 21.0. The standard InChI is InChI=1S/C19H19FN4O2S/c1-12-10-15(13(2)24(12)19-21-8-9-27-19)11-22-23-18(25)14(3)26-17-7-5-4-6-16(17)20/h4-11,14H,1-3H3,(H,23,25)/b22-11-/t14-/m1/s1. The number of thiazole rings is 1. The van der Waals surface area contributed by atoms with Gasteiger partial charge in [-0.1, -0.05) is 12.1 Å². The molecule has 0 saturated heterocycles. The first kappa shape index (κ1) is 18.8. The third-order valence-electron chi connectivity index (χ3n) is 3.97. The highest BCUT2D eigenvalue weighted by atomic mass is 32.1. The Labute approximate surface area is 160 Å². The van der Waals surface area contributed by atoms with Crippen molar-refractivity contribution in [2.75, 3.05) is 0 Å². The first-order valence-corrected chi connectivity index (χ1v) is 9.18. The predicted octanol–water partition coefficient (Wildman–Crippen LogP) is 3.61. The second kappa shape index (κ2) is 8.13. The minimum atomic E-state index is -0.887. The molecule has 1 aromatic carbocycles. The van der Waals surface area contributed by atoms with E-state index in [4.69, 9.17) is 4.74 Å². The number of benzene rings is 1. The van der Waals surface area contributed by atoms with Gasteiger partial charge in [0.05, 0.1) is 6.21 Å². The van der Waals surface area contributed by atoms with Crippen molar-refractivity contribution >= 4 is 23.5 Å². The minimum Gasteiger partial charge on any atom is -0.478 e. The summed E-state index contributed by atoms with van der Waals surface area (Å²) >= 11 is 1.54. The molecule has 140 valence electrons. The summed E-state index contributed by atoms with van der Waals surface area (Å²) in [5, 5.41) is 6.79. The maximum atomic E-state index is 13.6. The van der Waals surface area contributed by atoms with E-state index in [1.54, 1.807) is 35.9 Å². The zero-order valence-electron chi connectivity index (χ0n) is 15.1. The molecule has 0 bridgehead atoms. The number of nitrogens with one attached hydrogen (secondary N) is 1. The predicted molar refractivity (Wildman–Crippen MR) is 103 cm³/mol. The molecule has 2 heterocycles. The number of aryl methyl sites for hydroxylation is 1. The largest absolute Gasteiger partial charge is 0.478 e. The van der Waals surface area contributed by atoms with Crippen LogP contribution in [0.5, 0.6) is 5.75 Å². The van der Waals surface area contributed by atoms with Gasteiger partial charge in [0.15, 0.2) is 22.8 Å². The average Bonchev–Trinajstić information content (AvgIpc) is 3.25. The van der Waals surface area contributed by atoms with E-state index in [2.05, 4.69) is 15.5 Å². The van der Waals surface area contributed by atoms with Crippen LogP contribution < -0.4 is 10.2 Å². The molecule has 27 heavy (non-hydrogen) atoms. The quantitative estimate of drug-likeness (QED) is 0.520. The van der Waals surface area contributed by atoms with Gasteiger partial charge in [0, 0.05) is 28.5 Å². The Kier molecular flexibility index (Phi) is 5.66. The maximum absolute atomic E-state index is 13.6. The Bertz CT molecular complexity index is 966. The fourth-order valence-corrected chi connectivity index (χ4v) is 3.33. The minimum absolute atomic E-state index is 0.0242. The smallest absolute Gasteiger partial charge is 0.280 e. The number of ether oxygens (including phenoxy) is 1. The van der Waals surface area contributed by atoms with Gasteiger partial charge >= 0.3 is 0 Å². The third kappa shape index (κ3) is 4.22. The lowest BCUT2D eigenvalue weighted by Gasteiger charge is -2.13. The number of halogens is 1. The van der Waals surface area contributed by atoms with Gasteiger partial charge in [0.1, 0.15) is 0 Å². The summed E-state index contributed by atoms with van der Waals surface area (Å²) in [6.07, 6.45) is 2.44. The van der Waals surface area contributed by atoms with Crippen LogP contribution in [0, 0.1) is 19.7 Å². The number of para-hydroxylation sites is 1. The fraction of sp³-hybridized carbons (Fsp3) is 0.211. The van der Waals surface area contributed by atoms with Crippen LogP contribution in [0.25, 0.3) is 5.13 Å². The Hall–Kier alpha value is -3.00. The molecule has 0 aliphatic heterocycles. The van der Waals surface area contributed by atoms with Crippen molar-refractivity contribution in [3.05, 3.63) is 64.7 Å². The molecule has 1 N–H and O–H groups in total. The third-order valence-corrected chi connectivity index (χ3v) is 4.73. The highest BCUT2D eigenvalue weighted by molar-refractivity contribution is 7.12. The van der Waals surface area contributed by atoms with E-state index in [-0.39, 0.29) is 5.75 Å². The summed E-state index contributed by atoms with van der Waals surface area (Å²) in [6.45, 7) is 5.47. The second-order valence-electron chi connectivity index (χ2n) is 5.90. The van der Waals surface area contributed by atoms with Crippen LogP contribution in [-0.4, -0.2) is 27.8 Å². The first-order chi connectivity index (χ1) is 13.0. The Morgan fingerprint density at radius 2 is 2.19 bits per heavy atom. The zero-order valence-corrected chi connectivity index (χ0v) is 16.0. The van der Waals surface area contributed by atoms with Crippen molar-refractivity contribution < 1.29 is 13.9 Å². The molecule has 3 rings (SSSR count). The molecule has 1 amide bonds. The van der Waals surface area contributed by atoms with Gasteiger partial charge in [0.2, 0.25) is 0 Å². The molecule has 8 heteroatoms. The molecule has 2 aromatic heterocycles. The Morgan fingerprint density at radius 1 is 1.41 bits per heavy atom. The van der Waals surface area contributed by atoms with Gasteiger partial charge in [0.25, 0.3) is 5.91 Å². The molecule has 0 saturated carbocycles. The van der Waals surface area contributed by atoms with Crippen LogP contribution in [0.3, 0.4) is 0 Å². The molecular weight excluding hydrogens is 367 g/mol. The zero-order chi connectivity index (χ0) is 19.4. The monoisotopic (exact) mass is 386 g/mol. The molecule has 0 fully saturated rings. The van der Waals surface area contributed by atoms with E-state index in [0.717, 1.165) is 22.1 Å². The van der Waals surface area contributed by atoms with E-state index in [9.17, 15) is 9.18 Å². The normalized spacial score (nSPS) is 12.3. The van der Waals surface area contributed by atoms with Crippen LogP contribution in [0.4, 0.5) is 4.39 Å². The van der Waals surface area contributed by atoms with Crippen LogP contribution in [0.1, 0.15) is 23.9 Å². The van der Waals surface area contributed by atoms with E-state index < -0.39 is 17.8 Å². The second-order valence-corrected chi connectivity index (χ2v) is 6.77. The van der Waals surface area contributed by atoms with Gasteiger partial charge in [-0.05, 0) is 39.0 Å². The van der Waals surface area contributed by atoms with E-state index in [1.807, 2.05) is 29.9 Å². The maximum Gasteiger partial charge on any atom is 0.280 e. The Morgan fingerprint density at radius 3 is 2.89 bits per heavy atom. The van der Waals surface area contributed by atoms with Crippen LogP contribution in [0.15, 0.2) is 47.0 Å². The number of carbonyl (C=O) groups excluding carboxylic acids is 1. The summed E-state index contributed by atoms with van der Waals surface area (Å²) in [6, 6.07) is 7.90. The van der Waals surface area contributed by atoms with E-state index in [1.165, 1.54) is 19.1 Å². The lowest BCUT2D eigenvalue weighted by Crippen LogP contribution is -2.33. The van der Waals surface area contributed by atoms with Crippen molar-refractivity contribution in [1.82, 2.24) is 15.0 Å². The molecule has 0 spiro atoms. The lowest BCUT2D eigenvalue weighted by molar-refractivity contribution is -0.127. The molecular formula is C19H19FN4O2S. The van der Waals surface area contributed by atoms with Gasteiger partial charge in [-0.25, -0.2) is 14.8 Å². The van der Waals surface area contributed by atoms with Crippen molar-refractivity contribution in [1.29, 1.82) is 0 Å². The van der Waals surface area contributed by atoms with Crippen LogP contribution in [0.2, 0.25) is 0 Å². The number of rotatable bonds is 6. The first-order valence-electron chi connectivity index (χ1n) is 8.30. The van der Waals surface area contributed by atoms with Gasteiger partial charge in [-0.15, -0.1) is 11.3 Å². The van der Waals surface area contributed by atoms with Crippen molar-refractivity contribution in [2.45, 2.75) is 26.9 Å². The number of hydrazone groups is 1. The molecule has 0 aliphatic carbocycles. The highest BCUT2D eigenvalue weighted by Gasteiger charge is 2.16. The lowest BCUT2D eigenvalue weighted by atomic mass is 10.3. The molecule has 0 unspecified atom stereocenters. The highest BCUT2D eigenvalue weighted by Crippen LogP contribution is 2.21. The van der Waals surface area contributed by atoms with Crippen molar-refractivity contribution in [3.8, 4) is 10.9 Å². The van der Waals surface area contributed by atoms with E-state index >= 15 is 0 Å². The molecule has 1 atom stereocenters. The number of amides is 1. The summed E-state index contributed by atoms with van der Waals surface area (Å²) in [4.78, 5) is 16.4. The number of hydrogen-bond donors (Lipinski definition) is 1. The van der Waals surface area contributed by atoms with E-state index in [0.29, 0.717) is 0 Å². The summed E-state index contributed by atoms with van der Waals surface area (Å²) in [5.41, 5.74) is 5.28. The molecule has 3 aromatic rings. The SMILES string of the molecule is Cc1cc(/C=N\NC(=O)[C@@H](C)Oc2ccccc2F)c(C)n1-c1nccs1. The molecule has 0 radical (unpaired) electrons. The Balaban J connectivity index is 1.64. The summed E-state index contributed by atoms with van der Waals surface area (Å²) in [5.74, 6) is -0.963.